The van der Waals surface area contributed by atoms with Crippen LogP contribution in [0.3, 0.4) is 0 Å². The summed E-state index contributed by atoms with van der Waals surface area (Å²) in [4.78, 5) is 2.04. The van der Waals surface area contributed by atoms with Gasteiger partial charge in [-0.05, 0) is 38.7 Å². The molecule has 0 heterocycles. The number of nitrogens with zero attached hydrogens (tertiary/aromatic N) is 1. The third-order valence-corrected chi connectivity index (χ3v) is 3.53. The smallest absolute Gasteiger partial charge is 0.215 e. The molecule has 2 aromatic carbocycles. The summed E-state index contributed by atoms with van der Waals surface area (Å²) in [5.41, 5.74) is 4.05. The van der Waals surface area contributed by atoms with E-state index in [0.717, 1.165) is 29.9 Å². The summed E-state index contributed by atoms with van der Waals surface area (Å²) in [7, 11) is 3.99. The zero-order chi connectivity index (χ0) is 16.7. The van der Waals surface area contributed by atoms with E-state index < -0.39 is 0 Å². The molecule has 23 heavy (non-hydrogen) atoms. The van der Waals surface area contributed by atoms with Crippen molar-refractivity contribution in [3.63, 3.8) is 0 Å². The van der Waals surface area contributed by atoms with Crippen LogP contribution in [-0.4, -0.2) is 38.0 Å². The van der Waals surface area contributed by atoms with E-state index in [2.05, 4.69) is 17.4 Å². The van der Waals surface area contributed by atoms with Crippen molar-refractivity contribution in [1.82, 2.24) is 4.90 Å². The summed E-state index contributed by atoms with van der Waals surface area (Å²) in [5.74, 6) is 0.214. The Morgan fingerprint density at radius 2 is 1.87 bits per heavy atom. The summed E-state index contributed by atoms with van der Waals surface area (Å²) in [6, 6.07) is 16.3. The van der Waals surface area contributed by atoms with E-state index in [1.54, 1.807) is 0 Å². The molecule has 2 N–H and O–H groups in total. The maximum absolute atomic E-state index is 8.21. The van der Waals surface area contributed by atoms with Gasteiger partial charge in [0.25, 0.3) is 0 Å². The molecule has 0 saturated heterocycles. The highest BCUT2D eigenvalue weighted by Gasteiger charge is 2.10. The molecule has 4 heteroatoms. The minimum Gasteiger partial charge on any atom is -0.476 e. The van der Waals surface area contributed by atoms with Crippen molar-refractivity contribution in [3.05, 3.63) is 65.2 Å². The molecule has 0 aliphatic heterocycles. The molecule has 0 unspecified atom stereocenters. The SMILES string of the molecule is Cc1ccc(NCc2ccccc2)c(C(=N)OCCN(C)C)c1. The largest absolute Gasteiger partial charge is 0.476 e. The highest BCUT2D eigenvalue weighted by Crippen LogP contribution is 2.19. The van der Waals surface area contributed by atoms with E-state index in [1.165, 1.54) is 5.56 Å². The lowest BCUT2D eigenvalue weighted by Crippen LogP contribution is -2.20. The Bertz CT molecular complexity index is 638. The van der Waals surface area contributed by atoms with Crippen LogP contribution in [0.25, 0.3) is 0 Å². The Balaban J connectivity index is 2.05. The van der Waals surface area contributed by atoms with Crippen LogP contribution >= 0.6 is 0 Å². The van der Waals surface area contributed by atoms with Crippen molar-refractivity contribution in [2.75, 3.05) is 32.6 Å². The molecule has 0 aliphatic carbocycles. The molecule has 0 spiro atoms. The van der Waals surface area contributed by atoms with Gasteiger partial charge >= 0.3 is 0 Å². The number of benzene rings is 2. The van der Waals surface area contributed by atoms with Gasteiger partial charge in [-0.2, -0.15) is 0 Å². The van der Waals surface area contributed by atoms with Gasteiger partial charge in [-0.3, -0.25) is 5.41 Å². The molecular weight excluding hydrogens is 286 g/mol. The lowest BCUT2D eigenvalue weighted by atomic mass is 10.1. The van der Waals surface area contributed by atoms with E-state index in [9.17, 15) is 0 Å². The summed E-state index contributed by atoms with van der Waals surface area (Å²) >= 11 is 0. The lowest BCUT2D eigenvalue weighted by molar-refractivity contribution is 0.250. The zero-order valence-electron chi connectivity index (χ0n) is 14.1. The van der Waals surface area contributed by atoms with Crippen molar-refractivity contribution in [2.24, 2.45) is 0 Å². The first-order valence-corrected chi connectivity index (χ1v) is 7.81. The molecule has 0 fully saturated rings. The normalized spacial score (nSPS) is 10.6. The van der Waals surface area contributed by atoms with Crippen LogP contribution < -0.4 is 5.32 Å². The Morgan fingerprint density at radius 1 is 1.13 bits per heavy atom. The Kier molecular flexibility index (Phi) is 6.18. The van der Waals surface area contributed by atoms with Crippen molar-refractivity contribution >= 4 is 11.6 Å². The predicted octanol–water partition coefficient (Wildman–Crippen LogP) is 3.51. The van der Waals surface area contributed by atoms with Crippen LogP contribution in [-0.2, 0) is 11.3 Å². The highest BCUT2D eigenvalue weighted by atomic mass is 16.5. The minimum atomic E-state index is 0.214. The second kappa shape index (κ2) is 8.34. The number of likely N-dealkylation sites (N-methyl/N-ethyl adjacent to an activating group) is 1. The summed E-state index contributed by atoms with van der Waals surface area (Å²) in [6.45, 7) is 4.05. The minimum absolute atomic E-state index is 0.214. The molecular formula is C19H25N3O. The first-order valence-electron chi connectivity index (χ1n) is 7.81. The molecule has 2 rings (SSSR count). The molecule has 0 saturated carbocycles. The van der Waals surface area contributed by atoms with Gasteiger partial charge in [0.15, 0.2) is 0 Å². The fourth-order valence-electron chi connectivity index (χ4n) is 2.20. The van der Waals surface area contributed by atoms with Crippen molar-refractivity contribution in [1.29, 1.82) is 5.41 Å². The van der Waals surface area contributed by atoms with Crippen LogP contribution in [0.4, 0.5) is 5.69 Å². The fraction of sp³-hybridized carbons (Fsp3) is 0.316. The predicted molar refractivity (Wildman–Crippen MR) is 96.3 cm³/mol. The van der Waals surface area contributed by atoms with Gasteiger partial charge in [0.2, 0.25) is 5.90 Å². The third kappa shape index (κ3) is 5.42. The Labute approximate surface area is 138 Å². The molecule has 4 nitrogen and oxygen atoms in total. The van der Waals surface area contributed by atoms with Crippen LogP contribution in [0, 0.1) is 12.3 Å². The number of rotatable bonds is 7. The van der Waals surface area contributed by atoms with Crippen LogP contribution in [0.1, 0.15) is 16.7 Å². The lowest BCUT2D eigenvalue weighted by Gasteiger charge is -2.16. The molecule has 2 aromatic rings. The number of aryl methyl sites for hydroxylation is 1. The first-order chi connectivity index (χ1) is 11.1. The average Bonchev–Trinajstić information content (AvgIpc) is 2.54. The van der Waals surface area contributed by atoms with Gasteiger partial charge in [0.1, 0.15) is 6.61 Å². The van der Waals surface area contributed by atoms with Gasteiger partial charge < -0.3 is 15.0 Å². The number of nitrogens with one attached hydrogen (secondary N) is 2. The number of hydrogen-bond acceptors (Lipinski definition) is 4. The second-order valence-corrected chi connectivity index (χ2v) is 5.87. The van der Waals surface area contributed by atoms with E-state index in [0.29, 0.717) is 6.61 Å². The van der Waals surface area contributed by atoms with E-state index in [1.807, 2.05) is 62.3 Å². The molecule has 0 radical (unpaired) electrons. The summed E-state index contributed by atoms with van der Waals surface area (Å²) in [6.07, 6.45) is 0. The van der Waals surface area contributed by atoms with Gasteiger partial charge in [-0.25, -0.2) is 0 Å². The Morgan fingerprint density at radius 3 is 2.57 bits per heavy atom. The van der Waals surface area contributed by atoms with E-state index >= 15 is 0 Å². The number of anilines is 1. The maximum atomic E-state index is 8.21. The van der Waals surface area contributed by atoms with Crippen LogP contribution in [0.5, 0.6) is 0 Å². The zero-order valence-corrected chi connectivity index (χ0v) is 14.1. The fourth-order valence-corrected chi connectivity index (χ4v) is 2.20. The van der Waals surface area contributed by atoms with Crippen molar-refractivity contribution in [3.8, 4) is 0 Å². The Hall–Kier alpha value is -2.33. The van der Waals surface area contributed by atoms with Crippen molar-refractivity contribution in [2.45, 2.75) is 13.5 Å². The maximum Gasteiger partial charge on any atom is 0.215 e. The highest BCUT2D eigenvalue weighted by molar-refractivity contribution is 5.97. The monoisotopic (exact) mass is 311 g/mol. The summed E-state index contributed by atoms with van der Waals surface area (Å²) < 4.78 is 5.59. The quantitative estimate of drug-likeness (QED) is 0.607. The second-order valence-electron chi connectivity index (χ2n) is 5.87. The van der Waals surface area contributed by atoms with Crippen LogP contribution in [0.2, 0.25) is 0 Å². The first kappa shape index (κ1) is 17.0. The topological polar surface area (TPSA) is 48.4 Å². The van der Waals surface area contributed by atoms with E-state index in [-0.39, 0.29) is 5.90 Å². The molecule has 122 valence electrons. The van der Waals surface area contributed by atoms with Crippen molar-refractivity contribution < 1.29 is 4.74 Å². The molecule has 0 bridgehead atoms. The number of ether oxygens (including phenoxy) is 1. The van der Waals surface area contributed by atoms with Crippen LogP contribution in [0.15, 0.2) is 48.5 Å². The summed E-state index contributed by atoms with van der Waals surface area (Å²) in [5, 5.41) is 11.6. The molecule has 0 aromatic heterocycles. The van der Waals surface area contributed by atoms with Gasteiger partial charge in [0, 0.05) is 18.8 Å². The number of hydrogen-bond donors (Lipinski definition) is 2. The van der Waals surface area contributed by atoms with Gasteiger partial charge in [-0.1, -0.05) is 42.0 Å². The third-order valence-electron chi connectivity index (χ3n) is 3.53. The molecule has 0 amide bonds. The average molecular weight is 311 g/mol. The van der Waals surface area contributed by atoms with Gasteiger partial charge in [0.05, 0.1) is 5.56 Å². The van der Waals surface area contributed by atoms with Gasteiger partial charge in [-0.15, -0.1) is 0 Å². The molecule has 0 atom stereocenters. The van der Waals surface area contributed by atoms with E-state index in [4.69, 9.17) is 10.1 Å². The molecule has 0 aliphatic rings. The standard InChI is InChI=1S/C19H25N3O/c1-15-9-10-18(21-14-16-7-5-4-6-8-16)17(13-15)19(20)23-12-11-22(2)3/h4-10,13,20-21H,11-12,14H2,1-3H3.